The molecule has 0 fully saturated rings. The fourth-order valence-electron chi connectivity index (χ4n) is 2.45. The first-order valence-corrected chi connectivity index (χ1v) is 8.25. The summed E-state index contributed by atoms with van der Waals surface area (Å²) in [7, 11) is 0. The third-order valence-electron chi connectivity index (χ3n) is 3.80. The number of nitrogens with zero attached hydrogens (tertiary/aromatic N) is 1. The van der Waals surface area contributed by atoms with E-state index in [1.54, 1.807) is 38.1 Å². The Labute approximate surface area is 154 Å². The number of aryl methyl sites for hydroxylation is 1. The normalized spacial score (nSPS) is 11.6. The summed E-state index contributed by atoms with van der Waals surface area (Å²) in [6.07, 6.45) is 2.69. The zero-order valence-corrected chi connectivity index (χ0v) is 14.8. The molecule has 27 heavy (non-hydrogen) atoms. The number of amides is 2. The van der Waals surface area contributed by atoms with Crippen molar-refractivity contribution in [3.8, 4) is 11.4 Å². The third-order valence-corrected chi connectivity index (χ3v) is 3.80. The summed E-state index contributed by atoms with van der Waals surface area (Å²) < 4.78 is 4.85. The van der Waals surface area contributed by atoms with Gasteiger partial charge < -0.3 is 20.0 Å². The lowest BCUT2D eigenvalue weighted by molar-refractivity contribution is -0.117. The molecule has 3 aromatic rings. The molecular weight excluding hydrogens is 348 g/mol. The van der Waals surface area contributed by atoms with Gasteiger partial charge in [-0.05, 0) is 32.0 Å². The highest BCUT2D eigenvalue weighted by Gasteiger charge is 2.17. The minimum Gasteiger partial charge on any atom is -0.472 e. The van der Waals surface area contributed by atoms with Crippen LogP contribution >= 0.6 is 0 Å². The van der Waals surface area contributed by atoms with Crippen molar-refractivity contribution in [2.45, 2.75) is 19.9 Å². The maximum Gasteiger partial charge on any atom is 0.255 e. The molecule has 0 bridgehead atoms. The number of nitrogens with one attached hydrogen (secondary N) is 3. The molecule has 2 aromatic heterocycles. The maximum absolute atomic E-state index is 12.4. The van der Waals surface area contributed by atoms with Crippen molar-refractivity contribution in [1.82, 2.24) is 15.3 Å². The Bertz CT molecular complexity index is 1020. The summed E-state index contributed by atoms with van der Waals surface area (Å²) in [5, 5.41) is 5.33. The van der Waals surface area contributed by atoms with Crippen LogP contribution in [0.1, 0.15) is 23.0 Å². The number of anilines is 1. The Balaban J connectivity index is 1.71. The van der Waals surface area contributed by atoms with Crippen LogP contribution in [0.25, 0.3) is 11.4 Å². The van der Waals surface area contributed by atoms with E-state index in [1.165, 1.54) is 24.7 Å². The Morgan fingerprint density at radius 1 is 1.22 bits per heavy atom. The van der Waals surface area contributed by atoms with E-state index in [1.807, 2.05) is 0 Å². The molecule has 0 saturated heterocycles. The van der Waals surface area contributed by atoms with Gasteiger partial charge in [0.2, 0.25) is 5.91 Å². The summed E-state index contributed by atoms with van der Waals surface area (Å²) in [5.41, 5.74) is 1.86. The highest BCUT2D eigenvalue weighted by Crippen LogP contribution is 2.19. The smallest absolute Gasteiger partial charge is 0.255 e. The molecule has 0 aliphatic carbocycles. The van der Waals surface area contributed by atoms with E-state index >= 15 is 0 Å². The van der Waals surface area contributed by atoms with Crippen LogP contribution in [-0.2, 0) is 4.79 Å². The molecule has 3 N–H and O–H groups in total. The van der Waals surface area contributed by atoms with E-state index < -0.39 is 11.9 Å². The second kappa shape index (κ2) is 7.69. The van der Waals surface area contributed by atoms with Gasteiger partial charge in [0, 0.05) is 23.0 Å². The van der Waals surface area contributed by atoms with Gasteiger partial charge in [0.15, 0.2) is 0 Å². The Hall–Kier alpha value is -3.68. The molecule has 0 radical (unpaired) electrons. The van der Waals surface area contributed by atoms with Gasteiger partial charge in [0.1, 0.15) is 18.1 Å². The molecular formula is C19H18N4O4. The van der Waals surface area contributed by atoms with Crippen molar-refractivity contribution >= 4 is 17.5 Å². The van der Waals surface area contributed by atoms with Crippen LogP contribution in [0.2, 0.25) is 0 Å². The zero-order valence-electron chi connectivity index (χ0n) is 14.8. The van der Waals surface area contributed by atoms with Gasteiger partial charge in [-0.2, -0.15) is 0 Å². The quantitative estimate of drug-likeness (QED) is 0.639. The van der Waals surface area contributed by atoms with E-state index in [0.717, 1.165) is 0 Å². The number of H-pyrrole nitrogens is 1. The van der Waals surface area contributed by atoms with Gasteiger partial charge in [-0.15, -0.1) is 0 Å². The molecule has 0 aliphatic rings. The molecule has 0 saturated carbocycles. The van der Waals surface area contributed by atoms with Crippen LogP contribution in [-0.4, -0.2) is 27.8 Å². The van der Waals surface area contributed by atoms with Gasteiger partial charge in [-0.25, -0.2) is 4.98 Å². The van der Waals surface area contributed by atoms with Crippen molar-refractivity contribution < 1.29 is 14.0 Å². The second-order valence-corrected chi connectivity index (χ2v) is 6.01. The van der Waals surface area contributed by atoms with E-state index in [-0.39, 0.29) is 11.5 Å². The van der Waals surface area contributed by atoms with Crippen LogP contribution in [0, 0.1) is 6.92 Å². The molecule has 8 nitrogen and oxygen atoms in total. The van der Waals surface area contributed by atoms with Crippen LogP contribution in [0.5, 0.6) is 0 Å². The predicted molar refractivity (Wildman–Crippen MR) is 99.3 cm³/mol. The number of carbonyl (C=O) groups is 2. The van der Waals surface area contributed by atoms with Crippen molar-refractivity contribution in [1.29, 1.82) is 0 Å². The predicted octanol–water partition coefficient (Wildman–Crippen LogP) is 2.10. The average Bonchev–Trinajstić information content (AvgIpc) is 3.16. The number of furan rings is 1. The lowest BCUT2D eigenvalue weighted by Crippen LogP contribution is -2.41. The Morgan fingerprint density at radius 3 is 2.74 bits per heavy atom. The van der Waals surface area contributed by atoms with Crippen LogP contribution < -0.4 is 16.2 Å². The number of rotatable bonds is 5. The molecule has 0 aliphatic heterocycles. The van der Waals surface area contributed by atoms with Gasteiger partial charge in [-0.1, -0.05) is 12.1 Å². The summed E-state index contributed by atoms with van der Waals surface area (Å²) in [5.74, 6) is -0.367. The minimum atomic E-state index is -0.757. The lowest BCUT2D eigenvalue weighted by Gasteiger charge is -2.14. The molecule has 8 heteroatoms. The van der Waals surface area contributed by atoms with Crippen LogP contribution in [0.3, 0.4) is 0 Å². The highest BCUT2D eigenvalue weighted by atomic mass is 16.3. The Morgan fingerprint density at radius 2 is 2.04 bits per heavy atom. The molecule has 3 rings (SSSR count). The molecule has 2 heterocycles. The number of aromatic nitrogens is 2. The standard InChI is InChI=1S/C19H18N4O4/c1-11-8-16(24)23-17(20-11)13-4-3-5-15(9-13)22-18(25)12(2)21-19(26)14-6-7-27-10-14/h3-10,12H,1-2H3,(H,21,26)(H,22,25)(H,20,23,24)/t12-/m1/s1. The molecule has 0 spiro atoms. The first kappa shape index (κ1) is 18.1. The van der Waals surface area contributed by atoms with Crippen LogP contribution in [0.4, 0.5) is 5.69 Å². The minimum absolute atomic E-state index is 0.248. The molecule has 0 unspecified atom stereocenters. The van der Waals surface area contributed by atoms with Gasteiger partial charge in [0.25, 0.3) is 11.5 Å². The first-order chi connectivity index (χ1) is 12.9. The molecule has 1 aromatic carbocycles. The van der Waals surface area contributed by atoms with Gasteiger partial charge in [-0.3, -0.25) is 14.4 Å². The third kappa shape index (κ3) is 4.49. The average molecular weight is 366 g/mol. The van der Waals surface area contributed by atoms with Gasteiger partial charge >= 0.3 is 0 Å². The van der Waals surface area contributed by atoms with E-state index in [9.17, 15) is 14.4 Å². The van der Waals surface area contributed by atoms with Crippen molar-refractivity contribution in [3.05, 3.63) is 70.5 Å². The van der Waals surface area contributed by atoms with Crippen molar-refractivity contribution in [2.75, 3.05) is 5.32 Å². The number of carbonyl (C=O) groups excluding carboxylic acids is 2. The summed E-state index contributed by atoms with van der Waals surface area (Å²) >= 11 is 0. The first-order valence-electron chi connectivity index (χ1n) is 8.25. The summed E-state index contributed by atoms with van der Waals surface area (Å²) in [6.45, 7) is 3.31. The second-order valence-electron chi connectivity index (χ2n) is 6.01. The monoisotopic (exact) mass is 366 g/mol. The van der Waals surface area contributed by atoms with Crippen LogP contribution in [0.15, 0.2) is 58.1 Å². The number of hydrogen-bond acceptors (Lipinski definition) is 5. The largest absolute Gasteiger partial charge is 0.472 e. The SMILES string of the molecule is Cc1cc(=O)[nH]c(-c2cccc(NC(=O)[C@@H](C)NC(=O)c3ccoc3)c2)n1. The van der Waals surface area contributed by atoms with Gasteiger partial charge in [0.05, 0.1) is 11.8 Å². The van der Waals surface area contributed by atoms with E-state index in [0.29, 0.717) is 28.3 Å². The van der Waals surface area contributed by atoms with Crippen molar-refractivity contribution in [3.63, 3.8) is 0 Å². The highest BCUT2D eigenvalue weighted by molar-refractivity contribution is 6.00. The zero-order chi connectivity index (χ0) is 19.4. The van der Waals surface area contributed by atoms with E-state index in [2.05, 4.69) is 20.6 Å². The number of benzene rings is 1. The molecule has 138 valence electrons. The lowest BCUT2D eigenvalue weighted by atomic mass is 10.1. The fraction of sp³-hybridized carbons (Fsp3) is 0.158. The Kier molecular flexibility index (Phi) is 5.16. The number of hydrogen-bond donors (Lipinski definition) is 3. The summed E-state index contributed by atoms with van der Waals surface area (Å²) in [6, 6.07) is 9.08. The summed E-state index contributed by atoms with van der Waals surface area (Å²) in [4.78, 5) is 42.9. The molecule has 2 amide bonds. The van der Waals surface area contributed by atoms with Crippen molar-refractivity contribution in [2.24, 2.45) is 0 Å². The fourth-order valence-corrected chi connectivity index (χ4v) is 2.45. The topological polar surface area (TPSA) is 117 Å². The molecule has 1 atom stereocenters. The van der Waals surface area contributed by atoms with E-state index in [4.69, 9.17) is 4.42 Å². The number of aromatic amines is 1. The maximum atomic E-state index is 12.4.